The fourth-order valence-electron chi connectivity index (χ4n) is 8.64. The van der Waals surface area contributed by atoms with Gasteiger partial charge >= 0.3 is 12.2 Å². The maximum Gasteiger partial charge on any atom is 0.410 e. The van der Waals surface area contributed by atoms with Crippen molar-refractivity contribution in [2.45, 2.75) is 76.5 Å². The standard InChI is InChI=1S/C47H56ClF2N5O15/c1-30-24-32(7-14-41(30)63-2)29-52(35-10-11-35)45(56)42-37(34-8-5-31(6-9-34)4-3-15-66-44-39(50)13-12-38(49)43(44)48)27-36-25-33(28-51-46(57)67-20-16-64-18-22-69-54(59)60)26-40(42)53(36)47(58)68-21-17-65-19-23-70-55(61)62/h5-9,12-14,24,33,35-36,40H,3-4,10-11,15-23,25-29H2,1-2H3,(H,51,57). The number of alkyl carbamates (subject to hydrolysis) is 1. The van der Waals surface area contributed by atoms with Crippen molar-refractivity contribution in [1.29, 1.82) is 0 Å². The minimum absolute atomic E-state index is 0.0218. The number of benzene rings is 3. The Hall–Kier alpha value is -6.52. The fourth-order valence-corrected chi connectivity index (χ4v) is 8.85. The summed E-state index contributed by atoms with van der Waals surface area (Å²) in [6.45, 7) is 1.28. The van der Waals surface area contributed by atoms with Crippen LogP contribution >= 0.6 is 11.6 Å². The molecule has 3 atom stereocenters. The molecule has 70 heavy (non-hydrogen) atoms. The van der Waals surface area contributed by atoms with Gasteiger partial charge in [-0.3, -0.25) is 9.69 Å². The van der Waals surface area contributed by atoms with Crippen LogP contribution in [0.2, 0.25) is 5.02 Å². The molecule has 23 heteroatoms. The molecule has 1 saturated heterocycles. The molecule has 380 valence electrons. The van der Waals surface area contributed by atoms with Gasteiger partial charge in [-0.2, -0.15) is 0 Å². The summed E-state index contributed by atoms with van der Waals surface area (Å²) in [5, 5.41) is 21.3. The van der Waals surface area contributed by atoms with Crippen LogP contribution in [-0.4, -0.2) is 129 Å². The minimum atomic E-state index is -0.935. The van der Waals surface area contributed by atoms with E-state index in [0.717, 1.165) is 52.8 Å². The van der Waals surface area contributed by atoms with Crippen LogP contribution in [0, 0.1) is 44.7 Å². The lowest BCUT2D eigenvalue weighted by Crippen LogP contribution is -2.58. The highest BCUT2D eigenvalue weighted by atomic mass is 35.5. The molecule has 3 unspecified atom stereocenters. The summed E-state index contributed by atoms with van der Waals surface area (Å²) in [5.41, 5.74) is 4.66. The second-order valence-corrected chi connectivity index (χ2v) is 17.1. The lowest BCUT2D eigenvalue weighted by Gasteiger charge is -2.50. The first-order chi connectivity index (χ1) is 33.7. The zero-order chi connectivity index (χ0) is 50.2. The molecule has 1 N–H and O–H groups in total. The Balaban J connectivity index is 1.25. The third-order valence-electron chi connectivity index (χ3n) is 11.9. The molecular weight excluding hydrogens is 948 g/mol. The number of methoxy groups -OCH3 is 1. The molecule has 0 aromatic heterocycles. The predicted octanol–water partition coefficient (Wildman–Crippen LogP) is 7.06. The molecule has 0 radical (unpaired) electrons. The number of amides is 3. The van der Waals surface area contributed by atoms with Crippen LogP contribution in [0.15, 0.2) is 60.2 Å². The van der Waals surface area contributed by atoms with Crippen LogP contribution < -0.4 is 14.8 Å². The van der Waals surface area contributed by atoms with Gasteiger partial charge in [-0.25, -0.2) is 18.4 Å². The van der Waals surface area contributed by atoms with Crippen molar-refractivity contribution in [3.63, 3.8) is 0 Å². The van der Waals surface area contributed by atoms with Crippen LogP contribution in [0.3, 0.4) is 0 Å². The highest BCUT2D eigenvalue weighted by Crippen LogP contribution is 2.46. The van der Waals surface area contributed by atoms with Crippen molar-refractivity contribution < 1.29 is 71.4 Å². The first kappa shape index (κ1) is 52.8. The topological polar surface area (TPSA) is 230 Å². The SMILES string of the molecule is COc1ccc(CN(C(=O)C2=C(c3ccc(CCCOc4c(F)ccc(F)c4Cl)cc3)CC3CC(CNC(=O)OCCOCCO[N+](=O)[O-])CC2N3C(=O)OCCOCCO[N+](=O)[O-])C2CC2)cc1C. The number of rotatable bonds is 27. The van der Waals surface area contributed by atoms with Gasteiger partial charge in [-0.05, 0) is 104 Å². The number of carbonyl (C=O) groups excluding carboxylic acids is 3. The molecule has 3 aliphatic rings. The molecule has 3 amide bonds. The predicted molar refractivity (Wildman–Crippen MR) is 245 cm³/mol. The first-order valence-corrected chi connectivity index (χ1v) is 23.2. The number of fused-ring (bicyclic) bond motifs is 2. The largest absolute Gasteiger partial charge is 0.496 e. The number of carbonyl (C=O) groups is 3. The molecule has 2 aliphatic heterocycles. The van der Waals surface area contributed by atoms with Gasteiger partial charge in [0.1, 0.15) is 43.0 Å². The van der Waals surface area contributed by atoms with E-state index >= 15 is 4.79 Å². The third-order valence-corrected chi connectivity index (χ3v) is 12.3. The molecule has 20 nitrogen and oxygen atoms in total. The smallest absolute Gasteiger partial charge is 0.410 e. The van der Waals surface area contributed by atoms with E-state index in [-0.39, 0.29) is 109 Å². The average Bonchev–Trinajstić information content (AvgIpc) is 4.18. The van der Waals surface area contributed by atoms with Gasteiger partial charge in [0.15, 0.2) is 11.6 Å². The number of nitrogens with one attached hydrogen (secondary N) is 1. The van der Waals surface area contributed by atoms with E-state index in [4.69, 9.17) is 40.0 Å². The molecule has 1 aliphatic carbocycles. The zero-order valence-corrected chi connectivity index (χ0v) is 39.5. The highest BCUT2D eigenvalue weighted by molar-refractivity contribution is 6.32. The van der Waals surface area contributed by atoms with E-state index < -0.39 is 51.1 Å². The number of nitrogens with zero attached hydrogens (tertiary/aromatic N) is 4. The van der Waals surface area contributed by atoms with Crippen molar-refractivity contribution >= 4 is 35.3 Å². The summed E-state index contributed by atoms with van der Waals surface area (Å²) in [4.78, 5) is 75.3. The number of hydrogen-bond acceptors (Lipinski definition) is 15. The van der Waals surface area contributed by atoms with Crippen LogP contribution in [0.1, 0.15) is 60.8 Å². The number of halogens is 3. The van der Waals surface area contributed by atoms with Crippen LogP contribution in [0.4, 0.5) is 18.4 Å². The fraction of sp³-hybridized carbons (Fsp3) is 0.511. The van der Waals surface area contributed by atoms with E-state index in [2.05, 4.69) is 15.0 Å². The Kier molecular flexibility index (Phi) is 19.6. The molecule has 1 saturated carbocycles. The Bertz CT molecular complexity index is 2340. The Morgan fingerprint density at radius 2 is 1.47 bits per heavy atom. The van der Waals surface area contributed by atoms with Gasteiger partial charge in [0.05, 0.1) is 46.2 Å². The average molecular weight is 1000 g/mol. The molecule has 0 spiro atoms. The van der Waals surface area contributed by atoms with E-state index in [0.29, 0.717) is 30.6 Å². The number of piperidine rings is 1. The summed E-state index contributed by atoms with van der Waals surface area (Å²) >= 11 is 5.93. The van der Waals surface area contributed by atoms with Crippen LogP contribution in [0.25, 0.3) is 5.57 Å². The Morgan fingerprint density at radius 1 is 0.829 bits per heavy atom. The third kappa shape index (κ3) is 15.0. The Morgan fingerprint density at radius 3 is 2.11 bits per heavy atom. The van der Waals surface area contributed by atoms with Gasteiger partial charge in [-0.1, -0.05) is 48.0 Å². The molecule has 2 bridgehead atoms. The van der Waals surface area contributed by atoms with E-state index in [1.807, 2.05) is 54.3 Å². The van der Waals surface area contributed by atoms with E-state index in [1.54, 1.807) is 12.0 Å². The summed E-state index contributed by atoms with van der Waals surface area (Å²) in [6, 6.07) is 14.0. The van der Waals surface area contributed by atoms with Gasteiger partial charge in [0.2, 0.25) is 0 Å². The number of ether oxygens (including phenoxy) is 6. The van der Waals surface area contributed by atoms with Crippen molar-refractivity contribution in [1.82, 2.24) is 15.1 Å². The minimum Gasteiger partial charge on any atom is -0.496 e. The Labute approximate surface area is 407 Å². The molecule has 2 heterocycles. The number of hydrogen-bond donors (Lipinski definition) is 1. The molecule has 6 rings (SSSR count). The normalized spacial score (nSPS) is 17.3. The molecule has 3 aromatic carbocycles. The van der Waals surface area contributed by atoms with Crippen LogP contribution in [-0.2, 0) is 46.4 Å². The highest BCUT2D eigenvalue weighted by Gasteiger charge is 2.49. The summed E-state index contributed by atoms with van der Waals surface area (Å²) in [7, 11) is 1.59. The van der Waals surface area contributed by atoms with Gasteiger partial charge < -0.3 is 48.3 Å². The second kappa shape index (κ2) is 25.9. The van der Waals surface area contributed by atoms with Crippen LogP contribution in [0.5, 0.6) is 11.5 Å². The summed E-state index contributed by atoms with van der Waals surface area (Å²) in [5.74, 6) is -1.67. The van der Waals surface area contributed by atoms with Crippen molar-refractivity contribution in [3.05, 3.63) is 119 Å². The van der Waals surface area contributed by atoms with Gasteiger partial charge in [0.25, 0.3) is 16.1 Å². The maximum absolute atomic E-state index is 15.5. The van der Waals surface area contributed by atoms with Gasteiger partial charge in [0, 0.05) is 30.7 Å². The second-order valence-electron chi connectivity index (χ2n) is 16.8. The number of aryl methyl sites for hydroxylation is 2. The lowest BCUT2D eigenvalue weighted by molar-refractivity contribution is -0.758. The summed E-state index contributed by atoms with van der Waals surface area (Å²) in [6.07, 6.45) is 2.09. The first-order valence-electron chi connectivity index (χ1n) is 22.8. The lowest BCUT2D eigenvalue weighted by atomic mass is 9.73. The van der Waals surface area contributed by atoms with Gasteiger partial charge in [-0.15, -0.1) is 20.2 Å². The van der Waals surface area contributed by atoms with Crippen molar-refractivity contribution in [3.8, 4) is 11.5 Å². The monoisotopic (exact) mass is 1000 g/mol. The molecular formula is C47H56ClF2N5O15. The van der Waals surface area contributed by atoms with Crippen molar-refractivity contribution in [2.24, 2.45) is 5.92 Å². The zero-order valence-electron chi connectivity index (χ0n) is 38.8. The molecule has 2 fully saturated rings. The van der Waals surface area contributed by atoms with E-state index in [1.165, 1.54) is 0 Å². The van der Waals surface area contributed by atoms with E-state index in [9.17, 15) is 38.6 Å². The summed E-state index contributed by atoms with van der Waals surface area (Å²) < 4.78 is 60.8. The molecule has 3 aromatic rings. The van der Waals surface area contributed by atoms with Crippen molar-refractivity contribution in [2.75, 3.05) is 73.1 Å². The maximum atomic E-state index is 15.5. The quantitative estimate of drug-likeness (QED) is 0.0349.